The number of piperidine rings is 1. The zero-order valence-electron chi connectivity index (χ0n) is 67.2. The maximum Gasteiger partial charge on any atom is 0.426 e. The first-order valence-corrected chi connectivity index (χ1v) is 42.4. The van der Waals surface area contributed by atoms with Gasteiger partial charge in [0.2, 0.25) is 53.2 Å². The van der Waals surface area contributed by atoms with E-state index >= 15 is 4.79 Å². The highest BCUT2D eigenvalue weighted by atomic mass is 33.1. The van der Waals surface area contributed by atoms with E-state index in [1.807, 2.05) is 46.6 Å². The highest BCUT2D eigenvalue weighted by molar-refractivity contribution is 8.76. The minimum Gasteiger partial charge on any atom is -0.508 e. The second-order valence-electron chi connectivity index (χ2n) is 29.0. The number of carboxylic acid groups (broad SMARTS) is 1. The van der Waals surface area contributed by atoms with Crippen LogP contribution in [-0.4, -0.2) is 270 Å². The summed E-state index contributed by atoms with van der Waals surface area (Å²) >= 11 is 1.02. The average molecular weight is 1700 g/mol. The first-order chi connectivity index (χ1) is 55.0. The number of esters is 2. The summed E-state index contributed by atoms with van der Waals surface area (Å²) in [4.78, 5) is 194. The molecule has 1 aromatic carbocycles. The van der Waals surface area contributed by atoms with Crippen molar-refractivity contribution in [2.24, 2.45) is 23.5 Å². The zero-order chi connectivity index (χ0) is 86.6. The smallest absolute Gasteiger partial charge is 0.426 e. The Labute approximate surface area is 687 Å². The number of hydrazine groups is 1. The third kappa shape index (κ3) is 40.1. The molecule has 41 heteroatoms. The Morgan fingerprint density at radius 3 is 1.82 bits per heavy atom. The number of aromatic hydroxyl groups is 1. The fraction of sp³-hybridized carbons (Fsp3) is 0.693. The fourth-order valence-corrected chi connectivity index (χ4v) is 14.8. The van der Waals surface area contributed by atoms with Crippen LogP contribution >= 0.6 is 32.9 Å². The predicted molar refractivity (Wildman–Crippen MR) is 426 cm³/mol. The van der Waals surface area contributed by atoms with E-state index in [9.17, 15) is 93.0 Å². The minimum atomic E-state index is -1.68. The molecule has 3 rings (SSSR count). The summed E-state index contributed by atoms with van der Waals surface area (Å²) in [6.45, 7) is 10.7. The first-order valence-electron chi connectivity index (χ1n) is 39.0. The third-order valence-electron chi connectivity index (χ3n) is 19.0. The van der Waals surface area contributed by atoms with Crippen LogP contribution in [0.2, 0.25) is 0 Å². The van der Waals surface area contributed by atoms with Crippen LogP contribution in [0.1, 0.15) is 198 Å². The van der Waals surface area contributed by atoms with E-state index in [-0.39, 0.29) is 142 Å². The molecule has 4 unspecified atom stereocenters. The number of benzene rings is 1. The van der Waals surface area contributed by atoms with Crippen LogP contribution in [0.4, 0.5) is 4.79 Å². The van der Waals surface area contributed by atoms with Crippen molar-refractivity contribution in [2.45, 2.75) is 250 Å². The lowest BCUT2D eigenvalue weighted by molar-refractivity contribution is -0.160. The SMILES string of the molecule is CCCC(=O)OCN(C(=O)[C@@H](NC(=O)[C@H]1CCCCN1C)C(C)CC)[C@H](C[C@@H](OC(C)=O)c1nc(C(=O)N[C@@H](Cc2ccc(O)cc2)C[C@H](C)C(=O)NNC(=O)OCCSSCCC(=O)NC(CCC(=O)NCC[C@@H](O)C[C@H](O)CO)C(=O)NC(CCC(=O)O)C(=O)NC(CCC(=O)NCC[C@@H](O)C[C@H](O)CO)C(N)=O)cs1)C(C)C. The number of phenols is 1. The number of amides is 11. The number of likely N-dealkylation sites (tertiary alicyclic amines) is 1. The van der Waals surface area contributed by atoms with Gasteiger partial charge in [-0.05, 0) is 107 Å². The molecule has 0 aliphatic carbocycles. The summed E-state index contributed by atoms with van der Waals surface area (Å²) in [5.41, 5.74) is 10.6. The number of nitrogens with two attached hydrogens (primary N) is 1. The Bertz CT molecular complexity index is 3460. The van der Waals surface area contributed by atoms with Gasteiger partial charge < -0.3 is 103 Å². The molecule has 2 heterocycles. The summed E-state index contributed by atoms with van der Waals surface area (Å²) in [6, 6.07) is -1.61. The number of rotatable bonds is 56. The van der Waals surface area contributed by atoms with Crippen molar-refractivity contribution in [3.63, 3.8) is 0 Å². The van der Waals surface area contributed by atoms with Crippen molar-refractivity contribution in [2.75, 3.05) is 64.7 Å². The van der Waals surface area contributed by atoms with E-state index in [2.05, 4.69) is 53.1 Å². The molecule has 19 N–H and O–H groups in total. The normalized spacial score (nSPS) is 16.2. The maximum atomic E-state index is 15.0. The van der Waals surface area contributed by atoms with E-state index in [0.717, 1.165) is 41.5 Å². The van der Waals surface area contributed by atoms with E-state index in [4.69, 9.17) is 30.2 Å². The molecule has 0 radical (unpaired) electrons. The lowest BCUT2D eigenvalue weighted by Gasteiger charge is -2.39. The molecule has 1 saturated heterocycles. The van der Waals surface area contributed by atoms with Crippen LogP contribution in [-0.2, 0) is 78.2 Å². The molecule has 116 heavy (non-hydrogen) atoms. The van der Waals surface area contributed by atoms with E-state index < -0.39 is 195 Å². The molecule has 38 nitrogen and oxygen atoms in total. The van der Waals surface area contributed by atoms with Crippen molar-refractivity contribution in [1.82, 2.24) is 62.9 Å². The topological polar surface area (TPSA) is 582 Å². The number of carbonyl (C=O) groups is 14. The number of phenolic OH excluding ortho intramolecular Hbond substituents is 1. The molecular weight excluding hydrogens is 1580 g/mol. The zero-order valence-corrected chi connectivity index (χ0v) is 69.7. The van der Waals surface area contributed by atoms with Gasteiger partial charge in [-0.25, -0.2) is 15.2 Å². The Kier molecular flexibility index (Phi) is 48.4. The summed E-state index contributed by atoms with van der Waals surface area (Å²) in [7, 11) is 4.20. The Morgan fingerprint density at radius 1 is 0.672 bits per heavy atom. The molecule has 654 valence electrons. The summed E-state index contributed by atoms with van der Waals surface area (Å²) < 4.78 is 16.8. The number of aromatic nitrogens is 1. The number of aliphatic carboxylic acids is 1. The number of nitrogens with zero attached hydrogens (tertiary/aromatic N) is 3. The molecule has 1 aliphatic rings. The van der Waals surface area contributed by atoms with E-state index in [1.165, 1.54) is 40.1 Å². The second kappa shape index (κ2) is 55.2. The third-order valence-corrected chi connectivity index (χ3v) is 22.3. The number of thiazole rings is 1. The van der Waals surface area contributed by atoms with Gasteiger partial charge in [-0.2, -0.15) is 0 Å². The molecule has 2 aromatic rings. The Balaban J connectivity index is 1.68. The number of aliphatic hydroxyl groups excluding tert-OH is 6. The largest absolute Gasteiger partial charge is 0.508 e. The highest BCUT2D eigenvalue weighted by Gasteiger charge is 2.40. The van der Waals surface area contributed by atoms with Crippen LogP contribution in [0.3, 0.4) is 0 Å². The number of ether oxygens (including phenoxy) is 3. The molecule has 11 amide bonds. The quantitative estimate of drug-likeness (QED) is 0.0107. The maximum absolute atomic E-state index is 15.0. The van der Waals surface area contributed by atoms with Gasteiger partial charge in [0.25, 0.3) is 5.91 Å². The summed E-state index contributed by atoms with van der Waals surface area (Å²) in [5, 5.41) is 96.9. The molecule has 0 bridgehead atoms. The lowest BCUT2D eigenvalue weighted by Crippen LogP contribution is -2.59. The van der Waals surface area contributed by atoms with Crippen molar-refractivity contribution in [3.05, 3.63) is 45.9 Å². The summed E-state index contributed by atoms with van der Waals surface area (Å²) in [6.07, 6.45) is -6.53. The number of carbonyl (C=O) groups excluding carboxylic acids is 13. The van der Waals surface area contributed by atoms with Crippen LogP contribution in [0.5, 0.6) is 5.75 Å². The summed E-state index contributed by atoms with van der Waals surface area (Å²) in [5.74, 6) is -11.3. The van der Waals surface area contributed by atoms with Crippen LogP contribution in [0, 0.1) is 17.8 Å². The van der Waals surface area contributed by atoms with Gasteiger partial charge in [0.05, 0.1) is 43.7 Å². The first kappa shape index (κ1) is 102. The molecular formula is C75H121N13O25S3. The second-order valence-corrected chi connectivity index (χ2v) is 32.6. The number of primary amides is 1. The number of carboxylic acids is 1. The van der Waals surface area contributed by atoms with Crippen LogP contribution in [0.25, 0.3) is 0 Å². The molecule has 1 fully saturated rings. The molecule has 0 spiro atoms. The van der Waals surface area contributed by atoms with Gasteiger partial charge in [0.15, 0.2) is 12.8 Å². The van der Waals surface area contributed by atoms with E-state index in [1.54, 1.807) is 19.1 Å². The van der Waals surface area contributed by atoms with Gasteiger partial charge in [0.1, 0.15) is 47.2 Å². The number of aliphatic hydroxyl groups is 6. The monoisotopic (exact) mass is 1700 g/mol. The average Bonchev–Trinajstić information content (AvgIpc) is 1.15. The van der Waals surface area contributed by atoms with Gasteiger partial charge in [-0.3, -0.25) is 72.7 Å². The number of nitrogens with one attached hydrogen (secondary N) is 9. The van der Waals surface area contributed by atoms with Crippen molar-refractivity contribution in [3.8, 4) is 5.75 Å². The predicted octanol–water partition coefficient (Wildman–Crippen LogP) is 0.494. The standard InChI is InChI=1S/C75H121N13O25S3/c1-9-13-65(102)112-42-88(74(109)66(44(5)10-2)84-72(108)58-14-11-12-30-87(58)8)59(43(3)4)38-60(113-46(7)91)73-83-57(41-114-73)71(107)79-48(35-47-15-17-49(92)18-16-47)34-45(6)68(104)85-86-75(110)111-31-33-116-115-32-27-63(99)80-55(20-23-62(98)78-29-26-51(94)37-53(96)40-90)69(105)82-56(21-24-64(100)101)70(106)81-54(67(76)103)19-22-61(97)77-28-25-50(93)36-52(95)39-89/h15-18,41,43-45,48,50-56,58-60,66,89-90,92-96H,9-14,19-40,42H2,1-8H3,(H2,76,103)(H,77,97)(H,78,98)(H,79,107)(H,80,99)(H,81,106)(H,82,105)(H,84,108)(H,85,104)(H,86,110)(H,100,101)/t44?,45-,48+,50+,51+,52-,53-,54?,55?,56?,58+,59+,60+,66-/m0/s1. The van der Waals surface area contributed by atoms with Gasteiger partial charge >= 0.3 is 24.0 Å². The molecule has 1 aromatic heterocycles. The van der Waals surface area contributed by atoms with Gasteiger partial charge in [-0.1, -0.05) is 88.1 Å². The minimum absolute atomic E-state index is 0.00594. The van der Waals surface area contributed by atoms with Crippen molar-refractivity contribution < 1.29 is 122 Å². The lowest BCUT2D eigenvalue weighted by atomic mass is 9.92. The van der Waals surface area contributed by atoms with Crippen molar-refractivity contribution >= 4 is 116 Å². The number of hydrogen-bond acceptors (Lipinski definition) is 29. The van der Waals surface area contributed by atoms with Gasteiger partial charge in [0, 0.05) is 106 Å². The fourth-order valence-electron chi connectivity index (χ4n) is 12.2. The molecule has 1 aliphatic heterocycles. The Hall–Kier alpha value is -8.55. The number of likely N-dealkylation sites (N-methyl/N-ethyl adjacent to an activating group) is 1. The van der Waals surface area contributed by atoms with Crippen LogP contribution < -0.4 is 53.8 Å². The molecule has 14 atom stereocenters. The molecule has 0 saturated carbocycles. The Morgan fingerprint density at radius 2 is 1.26 bits per heavy atom. The van der Waals surface area contributed by atoms with Crippen LogP contribution in [0.15, 0.2) is 29.6 Å². The van der Waals surface area contributed by atoms with E-state index in [0.29, 0.717) is 24.8 Å². The van der Waals surface area contributed by atoms with Crippen molar-refractivity contribution in [1.29, 1.82) is 0 Å². The van der Waals surface area contributed by atoms with Gasteiger partial charge in [-0.15, -0.1) is 11.3 Å². The highest BCUT2D eigenvalue weighted by Crippen LogP contribution is 2.33. The number of hydrogen-bond donors (Lipinski definition) is 18.